The Balaban J connectivity index is 0. The van der Waals surface area contributed by atoms with E-state index >= 15 is 0 Å². The number of hydrogen-bond acceptors (Lipinski definition) is 10. The van der Waals surface area contributed by atoms with Gasteiger partial charge in [-0.3, -0.25) is 38.7 Å². The summed E-state index contributed by atoms with van der Waals surface area (Å²) < 4.78 is 0. The molecule has 0 heterocycles. The third kappa shape index (κ3) is 21.7. The van der Waals surface area contributed by atoms with E-state index in [-0.39, 0.29) is 32.8 Å². The fourth-order valence-electron chi connectivity index (χ4n) is 2.22. The summed E-state index contributed by atoms with van der Waals surface area (Å²) in [6.45, 7) is -2.26. The first kappa shape index (κ1) is 30.3. The third-order valence-corrected chi connectivity index (χ3v) is 3.39. The van der Waals surface area contributed by atoms with E-state index in [0.717, 1.165) is 9.80 Å². The van der Waals surface area contributed by atoms with Crippen LogP contribution in [-0.2, 0) is 24.0 Å². The summed E-state index contributed by atoms with van der Waals surface area (Å²) in [4.78, 5) is 57.6. The average molecular weight is 454 g/mol. The highest BCUT2D eigenvalue weighted by atomic mass is 16.4. The van der Waals surface area contributed by atoms with Gasteiger partial charge < -0.3 is 36.4 Å². The molecule has 0 bridgehead atoms. The van der Waals surface area contributed by atoms with Crippen LogP contribution < -0.4 is 5.73 Å². The highest BCUT2D eigenvalue weighted by Gasteiger charge is 2.19. The van der Waals surface area contributed by atoms with Crippen molar-refractivity contribution in [2.45, 2.75) is 0 Å². The number of nitrogens with zero attached hydrogens (tertiary/aromatic N) is 3. The van der Waals surface area contributed by atoms with Gasteiger partial charge >= 0.3 is 29.8 Å². The van der Waals surface area contributed by atoms with Crippen LogP contribution in [0.25, 0.3) is 0 Å². The predicted molar refractivity (Wildman–Crippen MR) is 104 cm³/mol. The molecule has 0 aromatic heterocycles. The van der Waals surface area contributed by atoms with Crippen molar-refractivity contribution in [1.82, 2.24) is 14.7 Å². The van der Waals surface area contributed by atoms with Gasteiger partial charge in [0.25, 0.3) is 0 Å². The molecule has 31 heavy (non-hydrogen) atoms. The first-order valence-electron chi connectivity index (χ1n) is 8.98. The molecule has 0 aromatic rings. The van der Waals surface area contributed by atoms with Crippen LogP contribution in [0.15, 0.2) is 0 Å². The molecule has 0 radical (unpaired) electrons. The van der Waals surface area contributed by atoms with Crippen molar-refractivity contribution in [3.63, 3.8) is 0 Å². The molecule has 0 amide bonds. The Morgan fingerprint density at radius 2 is 0.710 bits per heavy atom. The van der Waals surface area contributed by atoms with Crippen LogP contribution in [-0.4, -0.2) is 147 Å². The lowest BCUT2D eigenvalue weighted by molar-refractivity contribution is -0.143. The standard InChI is InChI=1S/C14H23N3O10.C2H7NO/c18-10(19)5-15(1-3-16(6-11(20)21)7-12(22)23)2-4-17(8-13(24)25)9-14(26)27;3-1-2-4/h1-9H2,(H,18,19)(H,20,21)(H,22,23)(H,24,25)(H,26,27);4H,1-3H2. The van der Waals surface area contributed by atoms with Gasteiger partial charge in [-0.1, -0.05) is 0 Å². The first-order valence-corrected chi connectivity index (χ1v) is 8.98. The van der Waals surface area contributed by atoms with Gasteiger partial charge in [-0.05, 0) is 0 Å². The monoisotopic (exact) mass is 454 g/mol. The van der Waals surface area contributed by atoms with Crippen molar-refractivity contribution >= 4 is 29.8 Å². The number of rotatable bonds is 17. The summed E-state index contributed by atoms with van der Waals surface area (Å²) in [7, 11) is 0. The maximum absolute atomic E-state index is 11.0. The zero-order valence-electron chi connectivity index (χ0n) is 16.9. The van der Waals surface area contributed by atoms with Crippen molar-refractivity contribution in [2.24, 2.45) is 5.73 Å². The molecule has 0 rings (SSSR count). The molecule has 15 heteroatoms. The Hall–Kier alpha value is -2.85. The molecule has 0 saturated carbocycles. The molecule has 0 aliphatic heterocycles. The number of carbonyl (C=O) groups is 5. The van der Waals surface area contributed by atoms with Gasteiger partial charge in [-0.2, -0.15) is 0 Å². The van der Waals surface area contributed by atoms with Crippen LogP contribution in [0.4, 0.5) is 0 Å². The Labute approximate surface area is 177 Å². The molecule has 0 saturated heterocycles. The molecule has 0 unspecified atom stereocenters. The smallest absolute Gasteiger partial charge is 0.317 e. The lowest BCUT2D eigenvalue weighted by Crippen LogP contribution is -2.45. The molecular weight excluding hydrogens is 424 g/mol. The van der Waals surface area contributed by atoms with Gasteiger partial charge in [0, 0.05) is 32.7 Å². The predicted octanol–water partition coefficient (Wildman–Crippen LogP) is -3.75. The maximum Gasteiger partial charge on any atom is 0.317 e. The van der Waals surface area contributed by atoms with E-state index in [2.05, 4.69) is 0 Å². The summed E-state index contributed by atoms with van der Waals surface area (Å²) >= 11 is 0. The summed E-state index contributed by atoms with van der Waals surface area (Å²) in [6.07, 6.45) is 0. The van der Waals surface area contributed by atoms with Crippen LogP contribution in [0.1, 0.15) is 0 Å². The Morgan fingerprint density at radius 3 is 0.903 bits per heavy atom. The first-order chi connectivity index (χ1) is 14.4. The summed E-state index contributed by atoms with van der Waals surface area (Å²) in [5, 5.41) is 51.9. The van der Waals surface area contributed by atoms with Crippen LogP contribution in [0.3, 0.4) is 0 Å². The van der Waals surface area contributed by atoms with Crippen LogP contribution in [0, 0.1) is 0 Å². The van der Waals surface area contributed by atoms with Crippen molar-refractivity contribution in [3.05, 3.63) is 0 Å². The fraction of sp³-hybridized carbons (Fsp3) is 0.688. The van der Waals surface area contributed by atoms with E-state index in [9.17, 15) is 24.0 Å². The van der Waals surface area contributed by atoms with E-state index in [1.807, 2.05) is 0 Å². The Kier molecular flexibility index (Phi) is 17.6. The van der Waals surface area contributed by atoms with Crippen molar-refractivity contribution in [3.8, 4) is 0 Å². The van der Waals surface area contributed by atoms with Gasteiger partial charge in [-0.15, -0.1) is 0 Å². The molecule has 0 aliphatic rings. The normalized spacial score (nSPS) is 10.6. The zero-order chi connectivity index (χ0) is 24.4. The maximum atomic E-state index is 11.0. The van der Waals surface area contributed by atoms with Crippen LogP contribution >= 0.6 is 0 Å². The van der Waals surface area contributed by atoms with Crippen molar-refractivity contribution in [1.29, 1.82) is 0 Å². The van der Waals surface area contributed by atoms with Gasteiger partial charge in [-0.25, -0.2) is 0 Å². The molecule has 0 atom stereocenters. The van der Waals surface area contributed by atoms with E-state index in [1.54, 1.807) is 0 Å². The molecule has 15 nitrogen and oxygen atoms in total. The SMILES string of the molecule is NCCO.O=C(O)CN(CCN(CC(=O)O)CC(=O)O)CCN(CC(=O)O)CC(=O)O. The minimum Gasteiger partial charge on any atom is -0.480 e. The second-order valence-electron chi connectivity index (χ2n) is 6.18. The number of carboxylic acid groups (broad SMARTS) is 5. The molecule has 0 aliphatic carbocycles. The minimum atomic E-state index is -1.24. The fourth-order valence-corrected chi connectivity index (χ4v) is 2.22. The second kappa shape index (κ2) is 18.0. The molecular formula is C16H30N4O11. The summed E-state index contributed by atoms with van der Waals surface area (Å²) in [6, 6.07) is 0. The van der Waals surface area contributed by atoms with E-state index < -0.39 is 62.6 Å². The van der Waals surface area contributed by atoms with Gasteiger partial charge in [0.15, 0.2) is 0 Å². The number of aliphatic carboxylic acids is 5. The summed E-state index contributed by atoms with van der Waals surface area (Å²) in [5.41, 5.74) is 4.78. The quantitative estimate of drug-likeness (QED) is 0.112. The van der Waals surface area contributed by atoms with Gasteiger partial charge in [0.05, 0.1) is 39.3 Å². The summed E-state index contributed by atoms with van der Waals surface area (Å²) in [5.74, 6) is -6.16. The van der Waals surface area contributed by atoms with Crippen LogP contribution in [0.2, 0.25) is 0 Å². The Morgan fingerprint density at radius 1 is 0.516 bits per heavy atom. The van der Waals surface area contributed by atoms with Crippen LogP contribution in [0.5, 0.6) is 0 Å². The van der Waals surface area contributed by atoms with Crippen molar-refractivity contribution < 1.29 is 54.6 Å². The lowest BCUT2D eigenvalue weighted by Gasteiger charge is -2.27. The molecule has 0 spiro atoms. The average Bonchev–Trinajstić information content (AvgIpc) is 2.61. The number of hydrogen-bond donors (Lipinski definition) is 7. The van der Waals surface area contributed by atoms with E-state index in [4.69, 9.17) is 36.4 Å². The number of aliphatic hydroxyl groups is 1. The number of aliphatic hydroxyl groups excluding tert-OH is 1. The zero-order valence-corrected chi connectivity index (χ0v) is 16.9. The number of nitrogens with two attached hydrogens (primary N) is 1. The highest BCUT2D eigenvalue weighted by molar-refractivity contribution is 5.73. The molecule has 8 N–H and O–H groups in total. The highest BCUT2D eigenvalue weighted by Crippen LogP contribution is 1.97. The van der Waals surface area contributed by atoms with E-state index in [1.165, 1.54) is 4.90 Å². The Bertz CT molecular complexity index is 514. The van der Waals surface area contributed by atoms with Gasteiger partial charge in [0.1, 0.15) is 0 Å². The number of carboxylic acids is 5. The minimum absolute atomic E-state index is 0.000836. The van der Waals surface area contributed by atoms with E-state index in [0.29, 0.717) is 6.54 Å². The van der Waals surface area contributed by atoms with Crippen molar-refractivity contribution in [2.75, 3.05) is 72.1 Å². The molecule has 180 valence electrons. The lowest BCUT2D eigenvalue weighted by atomic mass is 10.3. The molecule has 0 fully saturated rings. The third-order valence-electron chi connectivity index (χ3n) is 3.39. The molecule has 0 aromatic carbocycles. The second-order valence-corrected chi connectivity index (χ2v) is 6.18. The largest absolute Gasteiger partial charge is 0.480 e. The van der Waals surface area contributed by atoms with Gasteiger partial charge in [0.2, 0.25) is 0 Å². The topological polar surface area (TPSA) is 242 Å².